The van der Waals surface area contributed by atoms with E-state index in [1.807, 2.05) is 0 Å². The van der Waals surface area contributed by atoms with Crippen molar-refractivity contribution in [2.45, 2.75) is 18.3 Å². The molecule has 0 amide bonds. The molecule has 1 saturated heterocycles. The van der Waals surface area contributed by atoms with Crippen molar-refractivity contribution in [3.63, 3.8) is 0 Å². The standard InChI is InChI=1S/C17H17Br2N/c18-14-6-4-12(5-7-14)16-8-9-20-11-17(16)13-2-1-3-15(19)10-13/h1-7,10,16-17,20H,8-9,11H2. The van der Waals surface area contributed by atoms with Gasteiger partial charge in [-0.25, -0.2) is 0 Å². The van der Waals surface area contributed by atoms with Gasteiger partial charge < -0.3 is 5.32 Å². The molecule has 2 aromatic rings. The normalized spacial score (nSPS) is 22.7. The molecule has 3 heteroatoms. The van der Waals surface area contributed by atoms with Gasteiger partial charge in [-0.2, -0.15) is 0 Å². The van der Waals surface area contributed by atoms with Crippen molar-refractivity contribution in [2.24, 2.45) is 0 Å². The summed E-state index contributed by atoms with van der Waals surface area (Å²) in [5.74, 6) is 1.14. The van der Waals surface area contributed by atoms with Gasteiger partial charge in [0, 0.05) is 21.4 Å². The van der Waals surface area contributed by atoms with E-state index in [0.717, 1.165) is 22.0 Å². The molecule has 3 rings (SSSR count). The van der Waals surface area contributed by atoms with Crippen molar-refractivity contribution in [1.29, 1.82) is 0 Å². The minimum atomic E-state index is 0.544. The average molecular weight is 395 g/mol. The number of piperidine rings is 1. The predicted molar refractivity (Wildman–Crippen MR) is 91.3 cm³/mol. The van der Waals surface area contributed by atoms with E-state index in [1.165, 1.54) is 17.5 Å². The molecule has 0 saturated carbocycles. The second kappa shape index (κ2) is 6.42. The van der Waals surface area contributed by atoms with Crippen molar-refractivity contribution >= 4 is 31.9 Å². The summed E-state index contributed by atoms with van der Waals surface area (Å²) in [6.07, 6.45) is 1.19. The van der Waals surface area contributed by atoms with E-state index in [-0.39, 0.29) is 0 Å². The molecule has 1 nitrogen and oxygen atoms in total. The highest BCUT2D eigenvalue weighted by atomic mass is 79.9. The Morgan fingerprint density at radius 3 is 2.40 bits per heavy atom. The first-order valence-corrected chi connectivity index (χ1v) is 8.54. The maximum atomic E-state index is 3.59. The molecule has 0 radical (unpaired) electrons. The lowest BCUT2D eigenvalue weighted by Crippen LogP contribution is -2.34. The molecule has 2 atom stereocenters. The third kappa shape index (κ3) is 3.16. The van der Waals surface area contributed by atoms with Crippen LogP contribution in [0.15, 0.2) is 57.5 Å². The summed E-state index contributed by atoms with van der Waals surface area (Å²) in [7, 11) is 0. The van der Waals surface area contributed by atoms with Crippen molar-refractivity contribution in [1.82, 2.24) is 5.32 Å². The minimum Gasteiger partial charge on any atom is -0.316 e. The minimum absolute atomic E-state index is 0.544. The SMILES string of the molecule is Brc1ccc(C2CCNCC2c2cccc(Br)c2)cc1. The summed E-state index contributed by atoms with van der Waals surface area (Å²) >= 11 is 7.11. The smallest absolute Gasteiger partial charge is 0.0178 e. The van der Waals surface area contributed by atoms with E-state index >= 15 is 0 Å². The molecule has 104 valence electrons. The summed E-state index contributed by atoms with van der Waals surface area (Å²) in [4.78, 5) is 0. The highest BCUT2D eigenvalue weighted by molar-refractivity contribution is 9.10. The van der Waals surface area contributed by atoms with Gasteiger partial charge in [0.25, 0.3) is 0 Å². The summed E-state index contributed by atoms with van der Waals surface area (Å²) in [5.41, 5.74) is 2.86. The van der Waals surface area contributed by atoms with Gasteiger partial charge in [-0.15, -0.1) is 0 Å². The Morgan fingerprint density at radius 1 is 0.850 bits per heavy atom. The van der Waals surface area contributed by atoms with E-state index in [4.69, 9.17) is 0 Å². The van der Waals surface area contributed by atoms with E-state index < -0.39 is 0 Å². The monoisotopic (exact) mass is 393 g/mol. The topological polar surface area (TPSA) is 12.0 Å². The quantitative estimate of drug-likeness (QED) is 0.749. The van der Waals surface area contributed by atoms with Crippen molar-refractivity contribution in [3.8, 4) is 0 Å². The highest BCUT2D eigenvalue weighted by Gasteiger charge is 2.27. The fourth-order valence-corrected chi connectivity index (χ4v) is 3.74. The Bertz CT molecular complexity index is 580. The molecule has 1 N–H and O–H groups in total. The van der Waals surface area contributed by atoms with Gasteiger partial charge in [-0.3, -0.25) is 0 Å². The highest BCUT2D eigenvalue weighted by Crippen LogP contribution is 2.38. The first-order chi connectivity index (χ1) is 9.74. The van der Waals surface area contributed by atoms with E-state index in [9.17, 15) is 0 Å². The Balaban J connectivity index is 1.93. The molecule has 2 unspecified atom stereocenters. The van der Waals surface area contributed by atoms with Crippen LogP contribution in [0.5, 0.6) is 0 Å². The molecule has 1 heterocycles. The Morgan fingerprint density at radius 2 is 1.65 bits per heavy atom. The third-order valence-corrected chi connectivity index (χ3v) is 5.08. The number of hydrogen-bond donors (Lipinski definition) is 1. The second-order valence-electron chi connectivity index (χ2n) is 5.31. The molecule has 0 aromatic heterocycles. The van der Waals surface area contributed by atoms with Crippen molar-refractivity contribution in [3.05, 3.63) is 68.6 Å². The van der Waals surface area contributed by atoms with Crippen LogP contribution in [0.25, 0.3) is 0 Å². The van der Waals surface area contributed by atoms with Gasteiger partial charge in [0.1, 0.15) is 0 Å². The maximum absolute atomic E-state index is 3.59. The van der Waals surface area contributed by atoms with E-state index in [2.05, 4.69) is 85.7 Å². The van der Waals surface area contributed by atoms with Gasteiger partial charge in [0.2, 0.25) is 0 Å². The molecule has 1 aliphatic rings. The van der Waals surface area contributed by atoms with Gasteiger partial charge in [-0.1, -0.05) is 56.1 Å². The fourth-order valence-electron chi connectivity index (χ4n) is 3.05. The number of hydrogen-bond acceptors (Lipinski definition) is 1. The molecule has 0 aliphatic carbocycles. The van der Waals surface area contributed by atoms with Crippen LogP contribution in [0.2, 0.25) is 0 Å². The van der Waals surface area contributed by atoms with Crippen LogP contribution in [0.4, 0.5) is 0 Å². The molecule has 1 fully saturated rings. The van der Waals surface area contributed by atoms with Gasteiger partial charge >= 0.3 is 0 Å². The lowest BCUT2D eigenvalue weighted by atomic mass is 9.77. The summed E-state index contributed by atoms with van der Waals surface area (Å²) in [6.45, 7) is 2.16. The second-order valence-corrected chi connectivity index (χ2v) is 7.14. The summed E-state index contributed by atoms with van der Waals surface area (Å²) in [6, 6.07) is 17.5. The van der Waals surface area contributed by atoms with Crippen LogP contribution in [0, 0.1) is 0 Å². The molecule has 2 aromatic carbocycles. The summed E-state index contributed by atoms with van der Waals surface area (Å²) in [5, 5.41) is 3.54. The fraction of sp³-hybridized carbons (Fsp3) is 0.294. The zero-order valence-corrected chi connectivity index (χ0v) is 14.3. The number of benzene rings is 2. The van der Waals surface area contributed by atoms with Crippen LogP contribution in [-0.4, -0.2) is 13.1 Å². The lowest BCUT2D eigenvalue weighted by molar-refractivity contribution is 0.404. The van der Waals surface area contributed by atoms with Crippen molar-refractivity contribution < 1.29 is 0 Å². The average Bonchev–Trinajstić information content (AvgIpc) is 2.48. The third-order valence-electron chi connectivity index (χ3n) is 4.06. The van der Waals surface area contributed by atoms with Gasteiger partial charge in [0.05, 0.1) is 0 Å². The van der Waals surface area contributed by atoms with Crippen LogP contribution in [-0.2, 0) is 0 Å². The Hall–Kier alpha value is -0.640. The lowest BCUT2D eigenvalue weighted by Gasteiger charge is -2.33. The van der Waals surface area contributed by atoms with Crippen LogP contribution in [0.3, 0.4) is 0 Å². The Kier molecular flexibility index (Phi) is 4.59. The largest absolute Gasteiger partial charge is 0.316 e. The first kappa shape index (κ1) is 14.3. The van der Waals surface area contributed by atoms with Crippen molar-refractivity contribution in [2.75, 3.05) is 13.1 Å². The van der Waals surface area contributed by atoms with E-state index in [0.29, 0.717) is 11.8 Å². The Labute approximate surface area is 137 Å². The molecular weight excluding hydrogens is 378 g/mol. The van der Waals surface area contributed by atoms with E-state index in [1.54, 1.807) is 0 Å². The van der Waals surface area contributed by atoms with Crippen LogP contribution >= 0.6 is 31.9 Å². The van der Waals surface area contributed by atoms with Crippen LogP contribution in [0.1, 0.15) is 29.4 Å². The number of rotatable bonds is 2. The summed E-state index contributed by atoms with van der Waals surface area (Å²) < 4.78 is 2.31. The first-order valence-electron chi connectivity index (χ1n) is 6.95. The number of halogens is 2. The van der Waals surface area contributed by atoms with Gasteiger partial charge in [0.15, 0.2) is 0 Å². The molecule has 20 heavy (non-hydrogen) atoms. The molecule has 0 bridgehead atoms. The molecule has 1 aliphatic heterocycles. The number of nitrogens with one attached hydrogen (secondary N) is 1. The zero-order valence-electron chi connectivity index (χ0n) is 11.2. The maximum Gasteiger partial charge on any atom is 0.0178 e. The molecular formula is C17H17Br2N. The van der Waals surface area contributed by atoms with Gasteiger partial charge in [-0.05, 0) is 54.3 Å². The van der Waals surface area contributed by atoms with Crippen LogP contribution < -0.4 is 5.32 Å². The molecule has 0 spiro atoms. The predicted octanol–water partition coefficient (Wildman–Crippen LogP) is 5.07. The zero-order chi connectivity index (χ0) is 13.9.